The summed E-state index contributed by atoms with van der Waals surface area (Å²) in [7, 11) is 1.30. The van der Waals surface area contributed by atoms with Crippen molar-refractivity contribution < 1.29 is 23.9 Å². The highest BCUT2D eigenvalue weighted by molar-refractivity contribution is 7.80. The molecule has 0 spiro atoms. The van der Waals surface area contributed by atoms with Crippen LogP contribution in [0.15, 0.2) is 54.4 Å². The Morgan fingerprint density at radius 2 is 1.79 bits per heavy atom. The number of para-hydroxylation sites is 1. The van der Waals surface area contributed by atoms with Gasteiger partial charge in [0.25, 0.3) is 5.91 Å². The van der Waals surface area contributed by atoms with Crippen molar-refractivity contribution >= 4 is 57.8 Å². The number of ether oxygens (including phenoxy) is 2. The number of aryl methyl sites for hydroxylation is 1. The monoisotopic (exact) mass is 602 g/mol. The van der Waals surface area contributed by atoms with Crippen molar-refractivity contribution in [2.75, 3.05) is 25.2 Å². The number of amides is 2. The number of hydrogen-bond donors (Lipinski definition) is 1. The highest BCUT2D eigenvalue weighted by Crippen LogP contribution is 2.33. The third-order valence-corrected chi connectivity index (χ3v) is 8.43. The predicted molar refractivity (Wildman–Crippen MR) is 171 cm³/mol. The van der Waals surface area contributed by atoms with Crippen molar-refractivity contribution in [2.24, 2.45) is 0 Å². The maximum Gasteiger partial charge on any atom is 0.325 e. The predicted octanol–water partition coefficient (Wildman–Crippen LogP) is 5.20. The van der Waals surface area contributed by atoms with Crippen LogP contribution in [0.4, 0.5) is 5.69 Å². The highest BCUT2D eigenvalue weighted by Gasteiger charge is 2.40. The molecule has 2 aromatic carbocycles. The number of nitrogens with one attached hydrogen (secondary N) is 1. The van der Waals surface area contributed by atoms with Gasteiger partial charge in [-0.3, -0.25) is 19.3 Å². The van der Waals surface area contributed by atoms with Crippen molar-refractivity contribution in [3.63, 3.8) is 0 Å². The second kappa shape index (κ2) is 13.4. The molecule has 226 valence electrons. The highest BCUT2D eigenvalue weighted by atomic mass is 32.1. The van der Waals surface area contributed by atoms with Crippen molar-refractivity contribution in [1.29, 1.82) is 0 Å². The number of nitrogens with zero attached hydrogens (tertiary/aromatic N) is 3. The van der Waals surface area contributed by atoms with Crippen LogP contribution >= 0.6 is 12.2 Å². The Bertz CT molecular complexity index is 1560. The van der Waals surface area contributed by atoms with Gasteiger partial charge in [0.05, 0.1) is 24.9 Å². The molecule has 3 aromatic rings. The first-order valence-electron chi connectivity index (χ1n) is 14.9. The zero-order chi connectivity index (χ0) is 30.5. The molecular weight excluding hydrogens is 564 g/mol. The molecule has 1 aliphatic carbocycles. The van der Waals surface area contributed by atoms with Crippen LogP contribution in [0.5, 0.6) is 5.75 Å². The molecule has 9 nitrogen and oxygen atoms in total. The van der Waals surface area contributed by atoms with E-state index >= 15 is 0 Å². The fourth-order valence-electron chi connectivity index (χ4n) is 5.93. The van der Waals surface area contributed by atoms with Gasteiger partial charge in [-0.15, -0.1) is 0 Å². The third-order valence-electron chi connectivity index (χ3n) is 8.03. The van der Waals surface area contributed by atoms with Crippen molar-refractivity contribution in [2.45, 2.75) is 65.0 Å². The van der Waals surface area contributed by atoms with Gasteiger partial charge in [0, 0.05) is 23.2 Å². The van der Waals surface area contributed by atoms with Crippen LogP contribution in [0.25, 0.3) is 17.0 Å². The summed E-state index contributed by atoms with van der Waals surface area (Å²) in [5.41, 5.74) is 3.61. The average Bonchev–Trinajstić information content (AvgIpc) is 3.47. The Labute approximate surface area is 257 Å². The summed E-state index contributed by atoms with van der Waals surface area (Å²) in [5.74, 6) is -0.232. The molecule has 43 heavy (non-hydrogen) atoms. The van der Waals surface area contributed by atoms with E-state index in [0.717, 1.165) is 54.1 Å². The van der Waals surface area contributed by atoms with E-state index in [1.54, 1.807) is 30.3 Å². The van der Waals surface area contributed by atoms with Crippen LogP contribution in [0.3, 0.4) is 0 Å². The Balaban J connectivity index is 1.53. The molecule has 2 fully saturated rings. The standard InChI is InChI=1S/C33H38N4O5S/c1-4-22-10-9-13-27-23(19-35(31(22)27)20-29(38)34-24-11-7-6-8-12-24)18-28-32(40)37(33(43)36(28)21-30(39)41-3)25-14-16-26(17-15-25)42-5-2/h9-10,13-19,24H,4-8,11-12,20-21H2,1-3H3,(H,34,38)/b28-18-. The number of methoxy groups -OCH3 is 1. The molecule has 0 radical (unpaired) electrons. The summed E-state index contributed by atoms with van der Waals surface area (Å²) in [6, 6.07) is 13.3. The number of anilines is 1. The summed E-state index contributed by atoms with van der Waals surface area (Å²) in [6.45, 7) is 4.46. The van der Waals surface area contributed by atoms with Crippen LogP contribution in [0, 0.1) is 0 Å². The fourth-order valence-corrected chi connectivity index (χ4v) is 6.28. The van der Waals surface area contributed by atoms with Gasteiger partial charge in [0.15, 0.2) is 5.11 Å². The quantitative estimate of drug-likeness (QED) is 0.194. The Morgan fingerprint density at radius 1 is 1.05 bits per heavy atom. The van der Waals surface area contributed by atoms with Crippen LogP contribution in [-0.4, -0.2) is 58.7 Å². The Kier molecular flexibility index (Phi) is 9.45. The molecule has 1 N–H and O–H groups in total. The number of esters is 1. The minimum atomic E-state index is -0.523. The molecule has 0 bridgehead atoms. The first kappa shape index (κ1) is 30.3. The van der Waals surface area contributed by atoms with Crippen LogP contribution in [0.2, 0.25) is 0 Å². The summed E-state index contributed by atoms with van der Waals surface area (Å²) in [4.78, 5) is 42.4. The maximum absolute atomic E-state index is 14.0. The molecule has 1 saturated heterocycles. The van der Waals surface area contributed by atoms with Gasteiger partial charge >= 0.3 is 5.97 Å². The summed E-state index contributed by atoms with van der Waals surface area (Å²) in [6.07, 6.45) is 9.97. The number of fused-ring (bicyclic) bond motifs is 1. The minimum Gasteiger partial charge on any atom is -0.494 e. The normalized spacial score (nSPS) is 16.8. The van der Waals surface area contributed by atoms with Crippen molar-refractivity contribution in [3.8, 4) is 5.75 Å². The molecule has 2 heterocycles. The molecule has 1 aliphatic heterocycles. The smallest absolute Gasteiger partial charge is 0.325 e. The largest absolute Gasteiger partial charge is 0.494 e. The second-order valence-electron chi connectivity index (χ2n) is 10.8. The van der Waals surface area contributed by atoms with E-state index in [0.29, 0.717) is 18.0 Å². The summed E-state index contributed by atoms with van der Waals surface area (Å²) in [5, 5.41) is 4.30. The number of thiocarbonyl (C=S) groups is 1. The lowest BCUT2D eigenvalue weighted by Gasteiger charge is -2.23. The number of carbonyl (C=O) groups excluding carboxylic acids is 3. The van der Waals surface area contributed by atoms with E-state index in [4.69, 9.17) is 21.7 Å². The van der Waals surface area contributed by atoms with E-state index in [1.165, 1.54) is 23.3 Å². The molecule has 2 aliphatic rings. The topological polar surface area (TPSA) is 93.1 Å². The van der Waals surface area contributed by atoms with E-state index in [1.807, 2.05) is 29.8 Å². The van der Waals surface area contributed by atoms with E-state index in [2.05, 4.69) is 18.3 Å². The van der Waals surface area contributed by atoms with Gasteiger partial charge in [-0.2, -0.15) is 0 Å². The van der Waals surface area contributed by atoms with Crippen LogP contribution in [-0.2, 0) is 32.1 Å². The number of aromatic nitrogens is 1. The second-order valence-corrected chi connectivity index (χ2v) is 11.2. The molecule has 5 rings (SSSR count). The van der Waals surface area contributed by atoms with Crippen molar-refractivity contribution in [1.82, 2.24) is 14.8 Å². The van der Waals surface area contributed by atoms with E-state index in [9.17, 15) is 14.4 Å². The van der Waals surface area contributed by atoms with Gasteiger partial charge in [0.1, 0.15) is 24.5 Å². The molecular formula is C33H38N4O5S. The number of benzene rings is 2. The minimum absolute atomic E-state index is 0.0268. The number of carbonyl (C=O) groups is 3. The Morgan fingerprint density at radius 3 is 2.47 bits per heavy atom. The number of hydrogen-bond acceptors (Lipinski definition) is 6. The lowest BCUT2D eigenvalue weighted by atomic mass is 9.95. The van der Waals surface area contributed by atoms with Gasteiger partial charge in [-0.05, 0) is 74.3 Å². The van der Waals surface area contributed by atoms with Crippen LogP contribution < -0.4 is 15.0 Å². The zero-order valence-electron chi connectivity index (χ0n) is 24.9. The number of rotatable bonds is 10. The lowest BCUT2D eigenvalue weighted by molar-refractivity contribution is -0.140. The van der Waals surface area contributed by atoms with Gasteiger partial charge in [-0.1, -0.05) is 44.4 Å². The molecule has 1 aromatic heterocycles. The molecule has 10 heteroatoms. The summed E-state index contributed by atoms with van der Waals surface area (Å²) >= 11 is 5.73. The fraction of sp³-hybridized carbons (Fsp3) is 0.394. The molecule has 0 unspecified atom stereocenters. The summed E-state index contributed by atoms with van der Waals surface area (Å²) < 4.78 is 12.4. The van der Waals surface area contributed by atoms with Crippen LogP contribution in [0.1, 0.15) is 57.1 Å². The van der Waals surface area contributed by atoms with E-state index < -0.39 is 5.97 Å². The van der Waals surface area contributed by atoms with Crippen molar-refractivity contribution in [3.05, 3.63) is 65.5 Å². The third kappa shape index (κ3) is 6.44. The first-order valence-corrected chi connectivity index (χ1v) is 15.3. The van der Waals surface area contributed by atoms with E-state index in [-0.39, 0.29) is 41.8 Å². The Hall–Kier alpha value is -4.18. The maximum atomic E-state index is 14.0. The van der Waals surface area contributed by atoms with Gasteiger partial charge in [-0.25, -0.2) is 0 Å². The molecule has 0 atom stereocenters. The van der Waals surface area contributed by atoms with Gasteiger partial charge < -0.3 is 24.3 Å². The van der Waals surface area contributed by atoms with Gasteiger partial charge in [0.2, 0.25) is 5.91 Å². The molecule has 1 saturated carbocycles. The lowest BCUT2D eigenvalue weighted by Crippen LogP contribution is -2.38. The SMILES string of the molecule is CCOc1ccc(N2C(=O)/C(=C/c3cn(CC(=O)NC4CCCCC4)c4c(CC)cccc34)N(CC(=O)OC)C2=S)cc1. The molecule has 2 amide bonds. The zero-order valence-corrected chi connectivity index (χ0v) is 25.7. The average molecular weight is 603 g/mol. The first-order chi connectivity index (χ1) is 20.8.